The second kappa shape index (κ2) is 9.41. The fourth-order valence-electron chi connectivity index (χ4n) is 3.60. The van der Waals surface area contributed by atoms with E-state index in [-0.39, 0.29) is 12.5 Å². The molecule has 5 rings (SSSR count). The number of aryl methyl sites for hydroxylation is 1. The lowest BCUT2D eigenvalue weighted by atomic mass is 10.2. The highest BCUT2D eigenvalue weighted by atomic mass is 32.1. The molecule has 0 aliphatic heterocycles. The molecule has 0 saturated heterocycles. The highest BCUT2D eigenvalue weighted by Crippen LogP contribution is 2.35. The van der Waals surface area contributed by atoms with Gasteiger partial charge in [0, 0.05) is 25.7 Å². The predicted octanol–water partition coefficient (Wildman–Crippen LogP) is 5.07. The lowest BCUT2D eigenvalue weighted by molar-refractivity contribution is 0.103. The number of thiophene rings is 1. The van der Waals surface area contributed by atoms with Gasteiger partial charge in [0.1, 0.15) is 16.1 Å². The molecule has 0 unspecified atom stereocenters. The van der Waals surface area contributed by atoms with E-state index >= 15 is 0 Å². The number of hydrogen-bond acceptors (Lipinski definition) is 9. The summed E-state index contributed by atoms with van der Waals surface area (Å²) in [5, 5.41) is 13.3. The van der Waals surface area contributed by atoms with Crippen molar-refractivity contribution in [1.29, 1.82) is 0 Å². The first kappa shape index (κ1) is 22.3. The number of methoxy groups -OCH3 is 1. The van der Waals surface area contributed by atoms with E-state index < -0.39 is 0 Å². The number of carbonyl (C=O) groups excluding carboxylic acids is 1. The van der Waals surface area contributed by atoms with Crippen molar-refractivity contribution >= 4 is 60.0 Å². The van der Waals surface area contributed by atoms with Crippen molar-refractivity contribution in [3.63, 3.8) is 0 Å². The normalized spacial score (nSPS) is 11.3. The van der Waals surface area contributed by atoms with Gasteiger partial charge in [0.25, 0.3) is 5.91 Å². The number of aliphatic hydroxyl groups excluding tert-OH is 1. The number of rotatable bonds is 8. The number of amides is 1. The number of fused-ring (bicyclic) bond motifs is 2. The maximum Gasteiger partial charge on any atom is 0.265 e. The number of hydrogen-bond donors (Lipinski definition) is 2. The topological polar surface area (TPSA) is 101 Å². The number of carbonyl (C=O) groups is 1. The third kappa shape index (κ3) is 4.60. The van der Waals surface area contributed by atoms with E-state index in [2.05, 4.69) is 10.3 Å². The van der Waals surface area contributed by atoms with Crippen LogP contribution in [0.5, 0.6) is 5.75 Å². The van der Waals surface area contributed by atoms with E-state index in [4.69, 9.17) is 14.1 Å². The second-order valence-electron chi connectivity index (χ2n) is 7.64. The molecule has 3 aromatic heterocycles. The molecule has 8 nitrogen and oxygen atoms in total. The van der Waals surface area contributed by atoms with E-state index in [1.165, 1.54) is 22.7 Å². The van der Waals surface area contributed by atoms with Crippen LogP contribution in [-0.4, -0.2) is 41.2 Å². The molecule has 2 aromatic carbocycles. The van der Waals surface area contributed by atoms with Gasteiger partial charge in [0.05, 0.1) is 23.3 Å². The maximum atomic E-state index is 12.8. The summed E-state index contributed by atoms with van der Waals surface area (Å²) in [6, 6.07) is 15.1. The summed E-state index contributed by atoms with van der Waals surface area (Å²) in [5.74, 6) is 1.19. The fourth-order valence-corrected chi connectivity index (χ4v) is 5.73. The van der Waals surface area contributed by atoms with E-state index in [9.17, 15) is 9.90 Å². The molecule has 5 aromatic rings. The zero-order valence-electron chi connectivity index (χ0n) is 18.6. The Balaban J connectivity index is 1.32. The zero-order valence-corrected chi connectivity index (χ0v) is 20.2. The minimum absolute atomic E-state index is 0.0203. The van der Waals surface area contributed by atoms with Gasteiger partial charge >= 0.3 is 0 Å². The molecular weight excluding hydrogens is 472 g/mol. The van der Waals surface area contributed by atoms with Gasteiger partial charge in [-0.3, -0.25) is 4.79 Å². The van der Waals surface area contributed by atoms with Gasteiger partial charge in [0.2, 0.25) is 0 Å². The van der Waals surface area contributed by atoms with Gasteiger partial charge in [-0.15, -0.1) is 11.3 Å². The lowest BCUT2D eigenvalue weighted by Crippen LogP contribution is -2.25. The SMILES string of the molecule is COc1ccc(CN(CCO)c2nc3sc(C(=O)Nc4ccc5oc(C)nc5c4)cc3s2)cc1. The Bertz CT molecular complexity index is 1420. The standard InChI is InChI=1S/C24H22N4O4S2/c1-14-25-18-11-16(5-8-19(18)32-14)26-22(30)20-12-21-23(33-20)27-24(34-21)28(9-10-29)13-15-3-6-17(31-2)7-4-15/h3-8,11-12,29H,9-10,13H2,1-2H3,(H,26,30). The van der Waals surface area contributed by atoms with Crippen molar-refractivity contribution in [2.45, 2.75) is 13.5 Å². The van der Waals surface area contributed by atoms with Crippen LogP contribution in [0.3, 0.4) is 0 Å². The molecule has 2 N–H and O–H groups in total. The molecule has 34 heavy (non-hydrogen) atoms. The molecule has 3 heterocycles. The molecule has 174 valence electrons. The monoisotopic (exact) mass is 494 g/mol. The average Bonchev–Trinajstić information content (AvgIpc) is 3.51. The third-order valence-corrected chi connectivity index (χ3v) is 7.45. The van der Waals surface area contributed by atoms with Crippen LogP contribution in [0.15, 0.2) is 52.9 Å². The third-order valence-electron chi connectivity index (χ3n) is 5.23. The Morgan fingerprint density at radius 1 is 1.15 bits per heavy atom. The lowest BCUT2D eigenvalue weighted by Gasteiger charge is -2.20. The number of anilines is 2. The number of thiazole rings is 1. The second-order valence-corrected chi connectivity index (χ2v) is 9.68. The fraction of sp³-hybridized carbons (Fsp3) is 0.208. The quantitative estimate of drug-likeness (QED) is 0.311. The Morgan fingerprint density at radius 2 is 1.97 bits per heavy atom. The van der Waals surface area contributed by atoms with Crippen molar-refractivity contribution in [3.05, 3.63) is 64.9 Å². The summed E-state index contributed by atoms with van der Waals surface area (Å²) >= 11 is 2.86. The number of oxazole rings is 1. The summed E-state index contributed by atoms with van der Waals surface area (Å²) in [6.07, 6.45) is 0. The number of benzene rings is 2. The summed E-state index contributed by atoms with van der Waals surface area (Å²) in [6.45, 7) is 2.88. The number of nitrogens with one attached hydrogen (secondary N) is 1. The van der Waals surface area contributed by atoms with Crippen LogP contribution in [-0.2, 0) is 6.54 Å². The summed E-state index contributed by atoms with van der Waals surface area (Å²) in [7, 11) is 1.64. The first-order chi connectivity index (χ1) is 16.5. The predicted molar refractivity (Wildman–Crippen MR) is 135 cm³/mol. The van der Waals surface area contributed by atoms with Crippen LogP contribution in [0.2, 0.25) is 0 Å². The largest absolute Gasteiger partial charge is 0.497 e. The van der Waals surface area contributed by atoms with Crippen LogP contribution in [0.25, 0.3) is 20.6 Å². The minimum Gasteiger partial charge on any atom is -0.497 e. The van der Waals surface area contributed by atoms with Crippen molar-refractivity contribution in [1.82, 2.24) is 9.97 Å². The van der Waals surface area contributed by atoms with E-state index in [1.54, 1.807) is 32.2 Å². The highest BCUT2D eigenvalue weighted by Gasteiger charge is 2.18. The number of ether oxygens (including phenoxy) is 1. The van der Waals surface area contributed by atoms with Crippen molar-refractivity contribution in [2.75, 3.05) is 30.5 Å². The van der Waals surface area contributed by atoms with Gasteiger partial charge in [-0.1, -0.05) is 23.5 Å². The Hall–Kier alpha value is -3.47. The van der Waals surface area contributed by atoms with Gasteiger partial charge in [-0.2, -0.15) is 0 Å². The van der Waals surface area contributed by atoms with Gasteiger partial charge in [0.15, 0.2) is 16.6 Å². The highest BCUT2D eigenvalue weighted by molar-refractivity contribution is 7.29. The van der Waals surface area contributed by atoms with Crippen molar-refractivity contribution in [3.8, 4) is 5.75 Å². The van der Waals surface area contributed by atoms with Crippen LogP contribution in [0, 0.1) is 6.92 Å². The number of aromatic nitrogens is 2. The minimum atomic E-state index is -0.193. The molecule has 0 aliphatic carbocycles. The van der Waals surface area contributed by atoms with Gasteiger partial charge < -0.3 is 24.5 Å². The molecular formula is C24H22N4O4S2. The first-order valence-corrected chi connectivity index (χ1v) is 12.2. The zero-order chi connectivity index (χ0) is 23.7. The molecule has 1 amide bonds. The smallest absolute Gasteiger partial charge is 0.265 e. The number of aliphatic hydroxyl groups is 1. The van der Waals surface area contributed by atoms with E-state index in [0.29, 0.717) is 40.6 Å². The van der Waals surface area contributed by atoms with E-state index in [0.717, 1.165) is 26.0 Å². The van der Waals surface area contributed by atoms with Crippen LogP contribution < -0.4 is 15.0 Å². The van der Waals surface area contributed by atoms with Crippen molar-refractivity contribution < 1.29 is 19.1 Å². The molecule has 0 bridgehead atoms. The van der Waals surface area contributed by atoms with Crippen LogP contribution >= 0.6 is 22.7 Å². The first-order valence-electron chi connectivity index (χ1n) is 10.6. The summed E-state index contributed by atoms with van der Waals surface area (Å²) in [4.78, 5) is 25.3. The number of nitrogens with zero attached hydrogens (tertiary/aromatic N) is 3. The summed E-state index contributed by atoms with van der Waals surface area (Å²) < 4.78 is 11.6. The molecule has 0 fully saturated rings. The molecule has 0 saturated carbocycles. The molecule has 0 radical (unpaired) electrons. The average molecular weight is 495 g/mol. The van der Waals surface area contributed by atoms with Crippen LogP contribution in [0.1, 0.15) is 21.1 Å². The molecule has 0 aliphatic rings. The Morgan fingerprint density at radius 3 is 2.71 bits per heavy atom. The van der Waals surface area contributed by atoms with E-state index in [1.807, 2.05) is 35.2 Å². The summed E-state index contributed by atoms with van der Waals surface area (Å²) in [5.41, 5.74) is 3.14. The molecule has 0 atom stereocenters. The van der Waals surface area contributed by atoms with Gasteiger partial charge in [-0.05, 0) is 42.0 Å². The van der Waals surface area contributed by atoms with Gasteiger partial charge in [-0.25, -0.2) is 9.97 Å². The van der Waals surface area contributed by atoms with Crippen LogP contribution in [0.4, 0.5) is 10.8 Å². The molecule has 10 heteroatoms. The Labute approximate surface area is 203 Å². The maximum absolute atomic E-state index is 12.8. The Kier molecular flexibility index (Phi) is 6.18. The molecule has 0 spiro atoms. The van der Waals surface area contributed by atoms with Crippen molar-refractivity contribution in [2.24, 2.45) is 0 Å².